The molecule has 1 aliphatic rings. The van der Waals surface area contributed by atoms with Crippen molar-refractivity contribution in [2.75, 3.05) is 6.54 Å². The van der Waals surface area contributed by atoms with Crippen LogP contribution in [-0.2, 0) is 6.54 Å². The molecule has 0 aromatic carbocycles. The van der Waals surface area contributed by atoms with Crippen LogP contribution in [0.4, 0.5) is 0 Å². The normalized spacial score (nSPS) is 22.3. The fourth-order valence-electron chi connectivity index (χ4n) is 2.25. The smallest absolute Gasteiger partial charge is 0.0544 e. The highest BCUT2D eigenvalue weighted by molar-refractivity contribution is 5.15. The van der Waals surface area contributed by atoms with Crippen molar-refractivity contribution in [1.82, 2.24) is 10.3 Å². The highest BCUT2D eigenvalue weighted by atomic mass is 14.9. The Bertz CT molecular complexity index is 448. The van der Waals surface area contributed by atoms with Gasteiger partial charge < -0.3 is 5.32 Å². The van der Waals surface area contributed by atoms with Crippen molar-refractivity contribution in [1.29, 1.82) is 0 Å². The van der Waals surface area contributed by atoms with Gasteiger partial charge in [-0.3, -0.25) is 4.98 Å². The van der Waals surface area contributed by atoms with E-state index in [4.69, 9.17) is 0 Å². The summed E-state index contributed by atoms with van der Waals surface area (Å²) in [5.74, 6) is 0. The van der Waals surface area contributed by atoms with Crippen LogP contribution in [0.5, 0.6) is 0 Å². The molecular weight excluding hydrogens is 220 g/mol. The predicted molar refractivity (Wildman–Crippen MR) is 76.3 cm³/mol. The molecule has 1 unspecified atom stereocenters. The third-order valence-electron chi connectivity index (χ3n) is 3.45. The van der Waals surface area contributed by atoms with Gasteiger partial charge in [0.25, 0.3) is 0 Å². The molecule has 1 aromatic heterocycles. The highest BCUT2D eigenvalue weighted by Crippen LogP contribution is 2.30. The zero-order valence-electron chi connectivity index (χ0n) is 11.3. The first kappa shape index (κ1) is 13.0. The second-order valence-electron chi connectivity index (χ2n) is 5.34. The molecule has 1 aromatic rings. The van der Waals surface area contributed by atoms with E-state index < -0.39 is 0 Å². The molecule has 1 atom stereocenters. The summed E-state index contributed by atoms with van der Waals surface area (Å²) < 4.78 is 0. The van der Waals surface area contributed by atoms with Crippen molar-refractivity contribution in [3.63, 3.8) is 0 Å². The fraction of sp³-hybridized carbons (Fsp3) is 0.438. The standard InChI is InChI=1S/C16H22N2/c1-14-7-6-8-15(18-14)13-17-12-11-16(2)9-4-3-5-10-16/h3-9,17H,10-13H2,1-2H3. The number of nitrogens with zero attached hydrogens (tertiary/aromatic N) is 1. The fourth-order valence-corrected chi connectivity index (χ4v) is 2.25. The van der Waals surface area contributed by atoms with E-state index in [-0.39, 0.29) is 0 Å². The van der Waals surface area contributed by atoms with Gasteiger partial charge in [-0.1, -0.05) is 37.3 Å². The first-order valence-corrected chi connectivity index (χ1v) is 6.66. The molecule has 0 radical (unpaired) electrons. The lowest BCUT2D eigenvalue weighted by atomic mass is 9.81. The van der Waals surface area contributed by atoms with Crippen molar-refractivity contribution in [2.24, 2.45) is 5.41 Å². The Hall–Kier alpha value is -1.41. The average molecular weight is 242 g/mol. The lowest BCUT2D eigenvalue weighted by Gasteiger charge is -2.26. The minimum absolute atomic E-state index is 0.321. The first-order chi connectivity index (χ1) is 8.68. The van der Waals surface area contributed by atoms with Gasteiger partial charge in [-0.15, -0.1) is 0 Å². The predicted octanol–water partition coefficient (Wildman–Crippen LogP) is 3.39. The monoisotopic (exact) mass is 242 g/mol. The van der Waals surface area contributed by atoms with Crippen LogP contribution in [0.3, 0.4) is 0 Å². The van der Waals surface area contributed by atoms with E-state index in [1.165, 1.54) is 6.42 Å². The Morgan fingerprint density at radius 2 is 2.22 bits per heavy atom. The van der Waals surface area contributed by atoms with Gasteiger partial charge >= 0.3 is 0 Å². The third kappa shape index (κ3) is 3.81. The summed E-state index contributed by atoms with van der Waals surface area (Å²) >= 11 is 0. The number of hydrogen-bond acceptors (Lipinski definition) is 2. The molecule has 0 saturated carbocycles. The molecule has 0 spiro atoms. The Morgan fingerprint density at radius 1 is 1.33 bits per heavy atom. The number of rotatable bonds is 5. The summed E-state index contributed by atoms with van der Waals surface area (Å²) in [5, 5.41) is 3.48. The second kappa shape index (κ2) is 5.96. The maximum absolute atomic E-state index is 4.49. The summed E-state index contributed by atoms with van der Waals surface area (Å²) in [6, 6.07) is 6.17. The van der Waals surface area contributed by atoms with Gasteiger partial charge in [0, 0.05) is 12.2 Å². The molecule has 2 nitrogen and oxygen atoms in total. The number of aromatic nitrogens is 1. The molecule has 1 N–H and O–H groups in total. The van der Waals surface area contributed by atoms with Crippen molar-refractivity contribution in [2.45, 2.75) is 33.2 Å². The Morgan fingerprint density at radius 3 is 2.94 bits per heavy atom. The van der Waals surface area contributed by atoms with Gasteiger partial charge in [0.15, 0.2) is 0 Å². The SMILES string of the molecule is Cc1cccc(CNCCC2(C)C=CC=CC2)n1. The van der Waals surface area contributed by atoms with E-state index >= 15 is 0 Å². The minimum atomic E-state index is 0.321. The quantitative estimate of drug-likeness (QED) is 0.801. The van der Waals surface area contributed by atoms with Gasteiger partial charge in [0.1, 0.15) is 0 Å². The summed E-state index contributed by atoms with van der Waals surface area (Å²) in [6.07, 6.45) is 11.2. The van der Waals surface area contributed by atoms with E-state index in [0.717, 1.165) is 30.9 Å². The van der Waals surface area contributed by atoms with E-state index in [0.29, 0.717) is 5.41 Å². The molecule has 0 saturated heterocycles. The van der Waals surface area contributed by atoms with E-state index in [1.807, 2.05) is 13.0 Å². The minimum Gasteiger partial charge on any atom is -0.311 e. The Kier molecular flexibility index (Phi) is 4.32. The number of hydrogen-bond donors (Lipinski definition) is 1. The summed E-state index contributed by atoms with van der Waals surface area (Å²) in [5.41, 5.74) is 2.53. The third-order valence-corrected chi connectivity index (χ3v) is 3.45. The maximum Gasteiger partial charge on any atom is 0.0544 e. The van der Waals surface area contributed by atoms with Gasteiger partial charge in [-0.2, -0.15) is 0 Å². The molecule has 0 fully saturated rings. The molecular formula is C16H22N2. The molecule has 2 heteroatoms. The summed E-state index contributed by atoms with van der Waals surface area (Å²) in [7, 11) is 0. The van der Waals surface area contributed by atoms with Gasteiger partial charge in [0.2, 0.25) is 0 Å². The van der Waals surface area contributed by atoms with Crippen molar-refractivity contribution in [3.05, 3.63) is 53.9 Å². The molecule has 0 bridgehead atoms. The van der Waals surface area contributed by atoms with E-state index in [1.54, 1.807) is 0 Å². The zero-order valence-corrected chi connectivity index (χ0v) is 11.3. The number of aryl methyl sites for hydroxylation is 1. The van der Waals surface area contributed by atoms with E-state index in [9.17, 15) is 0 Å². The number of allylic oxidation sites excluding steroid dienone is 4. The Balaban J connectivity index is 1.73. The first-order valence-electron chi connectivity index (χ1n) is 6.66. The topological polar surface area (TPSA) is 24.9 Å². The zero-order chi connectivity index (χ0) is 12.8. The molecule has 0 aliphatic heterocycles. The van der Waals surface area contributed by atoms with Crippen LogP contribution in [0.2, 0.25) is 0 Å². The largest absolute Gasteiger partial charge is 0.311 e. The number of nitrogens with one attached hydrogen (secondary N) is 1. The molecule has 1 aliphatic carbocycles. The van der Waals surface area contributed by atoms with Gasteiger partial charge in [0.05, 0.1) is 5.69 Å². The van der Waals surface area contributed by atoms with Crippen LogP contribution in [0.1, 0.15) is 31.2 Å². The van der Waals surface area contributed by atoms with Crippen molar-refractivity contribution >= 4 is 0 Å². The van der Waals surface area contributed by atoms with Crippen LogP contribution in [0.25, 0.3) is 0 Å². The van der Waals surface area contributed by atoms with Crippen LogP contribution >= 0.6 is 0 Å². The molecule has 0 amide bonds. The lowest BCUT2D eigenvalue weighted by molar-refractivity contribution is 0.380. The Labute approximate surface area is 110 Å². The van der Waals surface area contributed by atoms with E-state index in [2.05, 4.69) is 53.7 Å². The average Bonchev–Trinajstić information content (AvgIpc) is 2.36. The summed E-state index contributed by atoms with van der Waals surface area (Å²) in [4.78, 5) is 4.49. The van der Waals surface area contributed by atoms with Gasteiger partial charge in [-0.05, 0) is 43.9 Å². The second-order valence-corrected chi connectivity index (χ2v) is 5.34. The molecule has 96 valence electrons. The molecule has 18 heavy (non-hydrogen) atoms. The lowest BCUT2D eigenvalue weighted by Crippen LogP contribution is -2.23. The van der Waals surface area contributed by atoms with Gasteiger partial charge in [-0.25, -0.2) is 0 Å². The van der Waals surface area contributed by atoms with Crippen LogP contribution < -0.4 is 5.32 Å². The van der Waals surface area contributed by atoms with Crippen molar-refractivity contribution < 1.29 is 0 Å². The van der Waals surface area contributed by atoms with Crippen molar-refractivity contribution in [3.8, 4) is 0 Å². The number of pyridine rings is 1. The maximum atomic E-state index is 4.49. The van der Waals surface area contributed by atoms with Crippen LogP contribution in [0.15, 0.2) is 42.5 Å². The molecule has 2 rings (SSSR count). The van der Waals surface area contributed by atoms with Crippen LogP contribution in [0, 0.1) is 12.3 Å². The summed E-state index contributed by atoms with van der Waals surface area (Å²) in [6.45, 7) is 6.24. The van der Waals surface area contributed by atoms with Crippen LogP contribution in [-0.4, -0.2) is 11.5 Å². The highest BCUT2D eigenvalue weighted by Gasteiger charge is 2.19. The molecule has 1 heterocycles.